The van der Waals surface area contributed by atoms with Crippen LogP contribution in [0.5, 0.6) is 5.75 Å². The zero-order valence-corrected chi connectivity index (χ0v) is 20.3. The average molecular weight is 502 g/mol. The van der Waals surface area contributed by atoms with Crippen molar-refractivity contribution in [1.29, 1.82) is 0 Å². The van der Waals surface area contributed by atoms with Gasteiger partial charge in [0.2, 0.25) is 5.91 Å². The molecule has 168 valence electrons. The fourth-order valence-electron chi connectivity index (χ4n) is 5.43. The van der Waals surface area contributed by atoms with Gasteiger partial charge in [-0.05, 0) is 53.3 Å². The molecule has 1 aliphatic heterocycles. The smallest absolute Gasteiger partial charge is 0.227 e. The SMILES string of the molecule is COc1ccc(CN2CC[C@H]3C=C[C@@H](c4ccccc4)[C@@H](c4ccc(Br)cc4)[C@@H]3C2=O)cc1. The minimum absolute atomic E-state index is 0.0617. The van der Waals surface area contributed by atoms with Crippen LogP contribution in [0.1, 0.15) is 34.9 Å². The van der Waals surface area contributed by atoms with E-state index in [1.165, 1.54) is 11.1 Å². The largest absolute Gasteiger partial charge is 0.497 e. The fourth-order valence-corrected chi connectivity index (χ4v) is 5.70. The van der Waals surface area contributed by atoms with Crippen LogP contribution in [0.25, 0.3) is 0 Å². The molecular formula is C29H28BrNO2. The summed E-state index contributed by atoms with van der Waals surface area (Å²) in [6.45, 7) is 1.43. The molecule has 0 unspecified atom stereocenters. The first-order valence-electron chi connectivity index (χ1n) is 11.5. The van der Waals surface area contributed by atoms with E-state index in [4.69, 9.17) is 4.74 Å². The predicted octanol–water partition coefficient (Wildman–Crippen LogP) is 6.56. The number of carbonyl (C=O) groups is 1. The number of rotatable bonds is 5. The Morgan fingerprint density at radius 3 is 2.30 bits per heavy atom. The van der Waals surface area contributed by atoms with Crippen LogP contribution in [-0.4, -0.2) is 24.5 Å². The Morgan fingerprint density at radius 1 is 0.879 bits per heavy atom. The molecule has 1 fully saturated rings. The minimum atomic E-state index is -0.0617. The summed E-state index contributed by atoms with van der Waals surface area (Å²) >= 11 is 3.57. The van der Waals surface area contributed by atoms with E-state index in [-0.39, 0.29) is 29.6 Å². The lowest BCUT2D eigenvalue weighted by atomic mass is 9.63. The first-order valence-corrected chi connectivity index (χ1v) is 12.3. The second kappa shape index (κ2) is 9.56. The lowest BCUT2D eigenvalue weighted by molar-refractivity contribution is -0.142. The summed E-state index contributed by atoms with van der Waals surface area (Å²) in [5.74, 6) is 1.61. The van der Waals surface area contributed by atoms with Crippen LogP contribution < -0.4 is 4.74 Å². The van der Waals surface area contributed by atoms with Gasteiger partial charge in [-0.25, -0.2) is 0 Å². The number of ether oxygens (including phenoxy) is 1. The van der Waals surface area contributed by atoms with E-state index in [0.29, 0.717) is 6.54 Å². The van der Waals surface area contributed by atoms with Crippen molar-refractivity contribution < 1.29 is 9.53 Å². The number of nitrogens with zero attached hydrogens (tertiary/aromatic N) is 1. The monoisotopic (exact) mass is 501 g/mol. The Balaban J connectivity index is 1.49. The molecule has 5 rings (SSSR count). The van der Waals surface area contributed by atoms with Crippen molar-refractivity contribution in [1.82, 2.24) is 4.90 Å². The summed E-state index contributed by atoms with van der Waals surface area (Å²) < 4.78 is 6.34. The molecule has 0 bridgehead atoms. The number of methoxy groups -OCH3 is 1. The van der Waals surface area contributed by atoms with Gasteiger partial charge in [-0.1, -0.05) is 82.7 Å². The molecule has 3 aromatic rings. The number of halogens is 1. The number of hydrogen-bond acceptors (Lipinski definition) is 2. The maximum atomic E-state index is 14.0. The zero-order chi connectivity index (χ0) is 22.8. The number of likely N-dealkylation sites (tertiary alicyclic amines) is 1. The Hall–Kier alpha value is -2.85. The number of piperidine rings is 1. The normalized spacial score (nSPS) is 24.4. The fraction of sp³-hybridized carbons (Fsp3) is 0.276. The highest BCUT2D eigenvalue weighted by Crippen LogP contribution is 2.49. The molecule has 1 saturated heterocycles. The molecule has 1 aliphatic carbocycles. The van der Waals surface area contributed by atoms with Crippen LogP contribution in [0.2, 0.25) is 0 Å². The number of benzene rings is 3. The predicted molar refractivity (Wildman–Crippen MR) is 135 cm³/mol. The van der Waals surface area contributed by atoms with Crippen LogP contribution in [0.4, 0.5) is 0 Å². The van der Waals surface area contributed by atoms with Crippen molar-refractivity contribution in [2.75, 3.05) is 13.7 Å². The average Bonchev–Trinajstić information content (AvgIpc) is 2.86. The lowest BCUT2D eigenvalue weighted by Gasteiger charge is -2.45. The molecule has 3 aromatic carbocycles. The number of carbonyl (C=O) groups excluding carboxylic acids is 1. The van der Waals surface area contributed by atoms with Gasteiger partial charge < -0.3 is 9.64 Å². The highest BCUT2D eigenvalue weighted by molar-refractivity contribution is 9.10. The minimum Gasteiger partial charge on any atom is -0.497 e. The van der Waals surface area contributed by atoms with Gasteiger partial charge in [0.05, 0.1) is 13.0 Å². The lowest BCUT2D eigenvalue weighted by Crippen LogP contribution is -2.49. The summed E-state index contributed by atoms with van der Waals surface area (Å²) in [4.78, 5) is 16.0. The summed E-state index contributed by atoms with van der Waals surface area (Å²) in [6, 6.07) is 27.2. The van der Waals surface area contributed by atoms with Gasteiger partial charge in [0.1, 0.15) is 5.75 Å². The number of amides is 1. The van der Waals surface area contributed by atoms with Gasteiger partial charge in [-0.3, -0.25) is 4.79 Å². The van der Waals surface area contributed by atoms with E-state index in [1.807, 2.05) is 12.1 Å². The van der Waals surface area contributed by atoms with Gasteiger partial charge in [0, 0.05) is 29.4 Å². The molecule has 0 spiro atoms. The molecule has 0 N–H and O–H groups in total. The Morgan fingerprint density at radius 2 is 1.61 bits per heavy atom. The first-order chi connectivity index (χ1) is 16.1. The van der Waals surface area contributed by atoms with Gasteiger partial charge in [0.15, 0.2) is 0 Å². The molecule has 1 heterocycles. The third-order valence-electron chi connectivity index (χ3n) is 7.10. The summed E-state index contributed by atoms with van der Waals surface area (Å²) in [7, 11) is 1.67. The maximum absolute atomic E-state index is 14.0. The molecule has 0 radical (unpaired) electrons. The number of allylic oxidation sites excluding steroid dienone is 2. The molecule has 2 aliphatic rings. The van der Waals surface area contributed by atoms with Crippen LogP contribution in [0, 0.1) is 11.8 Å². The topological polar surface area (TPSA) is 29.5 Å². The summed E-state index contributed by atoms with van der Waals surface area (Å²) in [6.07, 6.45) is 5.65. The third kappa shape index (κ3) is 4.49. The standard InChI is InChI=1S/C29H28BrNO2/c1-33-25-14-7-20(8-15-25)19-31-18-17-23-11-16-26(21-5-3-2-4-6-21)27(28(23)29(31)32)22-9-12-24(30)13-10-22/h2-16,23,26-28H,17-19H2,1H3/t23-,26+,27-,28-/m1/s1. The molecule has 1 amide bonds. The van der Waals surface area contributed by atoms with Gasteiger partial charge in [0.25, 0.3) is 0 Å². The van der Waals surface area contributed by atoms with E-state index in [2.05, 4.69) is 99.7 Å². The van der Waals surface area contributed by atoms with E-state index in [9.17, 15) is 4.79 Å². The summed E-state index contributed by atoms with van der Waals surface area (Å²) in [5, 5.41) is 0. The van der Waals surface area contributed by atoms with E-state index in [0.717, 1.165) is 28.8 Å². The Kier molecular flexibility index (Phi) is 6.37. The quantitative estimate of drug-likeness (QED) is 0.370. The van der Waals surface area contributed by atoms with E-state index < -0.39 is 0 Å². The van der Waals surface area contributed by atoms with Crippen molar-refractivity contribution >= 4 is 21.8 Å². The van der Waals surface area contributed by atoms with Crippen LogP contribution >= 0.6 is 15.9 Å². The van der Waals surface area contributed by atoms with Gasteiger partial charge in [-0.2, -0.15) is 0 Å². The van der Waals surface area contributed by atoms with Crippen molar-refractivity contribution in [2.45, 2.75) is 24.8 Å². The van der Waals surface area contributed by atoms with Gasteiger partial charge in [-0.15, -0.1) is 0 Å². The Labute approximate surface area is 204 Å². The number of hydrogen-bond donors (Lipinski definition) is 0. The summed E-state index contributed by atoms with van der Waals surface area (Å²) in [5.41, 5.74) is 3.62. The van der Waals surface area contributed by atoms with Crippen molar-refractivity contribution in [3.63, 3.8) is 0 Å². The molecule has 4 atom stereocenters. The van der Waals surface area contributed by atoms with Crippen LogP contribution in [0.15, 0.2) is 95.5 Å². The molecule has 0 aromatic heterocycles. The van der Waals surface area contributed by atoms with Crippen molar-refractivity contribution in [3.8, 4) is 5.75 Å². The third-order valence-corrected chi connectivity index (χ3v) is 7.63. The van der Waals surface area contributed by atoms with Gasteiger partial charge >= 0.3 is 0 Å². The molecule has 33 heavy (non-hydrogen) atoms. The van der Waals surface area contributed by atoms with Crippen molar-refractivity contribution in [3.05, 3.63) is 112 Å². The van der Waals surface area contributed by atoms with Crippen LogP contribution in [0.3, 0.4) is 0 Å². The van der Waals surface area contributed by atoms with Crippen LogP contribution in [-0.2, 0) is 11.3 Å². The van der Waals surface area contributed by atoms with E-state index in [1.54, 1.807) is 7.11 Å². The second-order valence-electron chi connectivity index (χ2n) is 8.98. The first kappa shape index (κ1) is 22.0. The van der Waals surface area contributed by atoms with Crippen molar-refractivity contribution in [2.24, 2.45) is 11.8 Å². The van der Waals surface area contributed by atoms with E-state index >= 15 is 0 Å². The zero-order valence-electron chi connectivity index (χ0n) is 18.7. The molecule has 0 saturated carbocycles. The second-order valence-corrected chi connectivity index (χ2v) is 9.90. The molecular weight excluding hydrogens is 474 g/mol. The highest BCUT2D eigenvalue weighted by Gasteiger charge is 2.46. The molecule has 4 heteroatoms. The maximum Gasteiger partial charge on any atom is 0.227 e. The number of fused-ring (bicyclic) bond motifs is 1. The molecule has 3 nitrogen and oxygen atoms in total. The Bertz CT molecular complexity index is 1120. The highest BCUT2D eigenvalue weighted by atomic mass is 79.9.